The van der Waals surface area contributed by atoms with Gasteiger partial charge < -0.3 is 4.74 Å². The van der Waals surface area contributed by atoms with Crippen molar-refractivity contribution in [3.8, 4) is 0 Å². The van der Waals surface area contributed by atoms with Gasteiger partial charge in [-0.25, -0.2) is 26.7 Å². The van der Waals surface area contributed by atoms with Crippen LogP contribution in [0.3, 0.4) is 0 Å². The Hall–Kier alpha value is -2.64. The van der Waals surface area contributed by atoms with Crippen molar-refractivity contribution in [3.63, 3.8) is 0 Å². The Morgan fingerprint density at radius 2 is 1.39 bits per heavy atom. The number of anilines is 1. The Morgan fingerprint density at radius 1 is 0.913 bits per heavy atom. The summed E-state index contributed by atoms with van der Waals surface area (Å²) in [5.41, 5.74) is 0.0591. The normalized spacial score (nSPS) is 10.5. The van der Waals surface area contributed by atoms with E-state index in [2.05, 4.69) is 10.1 Å². The van der Waals surface area contributed by atoms with Gasteiger partial charge in [0.25, 0.3) is 0 Å². The lowest BCUT2D eigenvalue weighted by atomic mass is 10.2. The molecule has 2 aromatic rings. The molecule has 122 valence electrons. The first-order valence-electron chi connectivity index (χ1n) is 6.32. The van der Waals surface area contributed by atoms with Crippen LogP contribution < -0.4 is 5.32 Å². The minimum Gasteiger partial charge on any atom is -0.444 e. The number of ether oxygens (including phenoxy) is 1. The van der Waals surface area contributed by atoms with Crippen LogP contribution in [0.5, 0.6) is 0 Å². The van der Waals surface area contributed by atoms with E-state index >= 15 is 0 Å². The zero-order chi connectivity index (χ0) is 17.1. The molecule has 8 heteroatoms. The number of aryl methyl sites for hydroxylation is 1. The molecule has 0 aliphatic heterocycles. The first-order valence-corrected chi connectivity index (χ1v) is 6.32. The second kappa shape index (κ2) is 6.64. The summed E-state index contributed by atoms with van der Waals surface area (Å²) in [4.78, 5) is 11.5. The molecule has 1 N–H and O–H groups in total. The highest BCUT2D eigenvalue weighted by Gasteiger charge is 2.26. The van der Waals surface area contributed by atoms with E-state index in [4.69, 9.17) is 0 Å². The molecule has 0 spiro atoms. The van der Waals surface area contributed by atoms with Gasteiger partial charge in [-0.15, -0.1) is 0 Å². The van der Waals surface area contributed by atoms with Crippen LogP contribution in [0.2, 0.25) is 0 Å². The van der Waals surface area contributed by atoms with Crippen LogP contribution in [0, 0.1) is 36.0 Å². The molecule has 1 amide bonds. The first kappa shape index (κ1) is 16.7. The summed E-state index contributed by atoms with van der Waals surface area (Å²) in [5.74, 6) is -10.5. The number of carbonyl (C=O) groups is 1. The van der Waals surface area contributed by atoms with Crippen LogP contribution in [-0.2, 0) is 11.3 Å². The van der Waals surface area contributed by atoms with Crippen molar-refractivity contribution in [2.75, 3.05) is 5.32 Å². The number of carbonyl (C=O) groups excluding carboxylic acids is 1. The highest BCUT2D eigenvalue weighted by molar-refractivity contribution is 5.84. The molecule has 0 radical (unpaired) electrons. The summed E-state index contributed by atoms with van der Waals surface area (Å²) in [6.45, 7) is 0.717. The number of rotatable bonds is 3. The van der Waals surface area contributed by atoms with E-state index in [1.165, 1.54) is 0 Å². The van der Waals surface area contributed by atoms with Gasteiger partial charge in [-0.1, -0.05) is 17.7 Å². The number of nitrogens with one attached hydrogen (secondary N) is 1. The minimum absolute atomic E-state index is 0.345. The molecular weight excluding hydrogens is 321 g/mol. The van der Waals surface area contributed by atoms with Crippen molar-refractivity contribution in [2.24, 2.45) is 0 Å². The molecular formula is C15H10F5NO2. The van der Waals surface area contributed by atoms with Crippen molar-refractivity contribution in [1.29, 1.82) is 0 Å². The maximum atomic E-state index is 13.4. The quantitative estimate of drug-likeness (QED) is 0.513. The molecule has 23 heavy (non-hydrogen) atoms. The molecule has 0 unspecified atom stereocenters. The molecule has 3 nitrogen and oxygen atoms in total. The van der Waals surface area contributed by atoms with Gasteiger partial charge in [0.15, 0.2) is 23.3 Å². The van der Waals surface area contributed by atoms with E-state index in [0.29, 0.717) is 5.69 Å². The van der Waals surface area contributed by atoms with Gasteiger partial charge in [0, 0.05) is 5.69 Å². The van der Waals surface area contributed by atoms with E-state index in [-0.39, 0.29) is 0 Å². The maximum Gasteiger partial charge on any atom is 0.411 e. The number of benzene rings is 2. The Bertz CT molecular complexity index is 718. The molecule has 0 saturated heterocycles. The van der Waals surface area contributed by atoms with Crippen molar-refractivity contribution in [2.45, 2.75) is 13.5 Å². The lowest BCUT2D eigenvalue weighted by Crippen LogP contribution is -2.16. The molecule has 0 saturated carbocycles. The van der Waals surface area contributed by atoms with Crippen molar-refractivity contribution in [1.82, 2.24) is 0 Å². The topological polar surface area (TPSA) is 38.3 Å². The first-order chi connectivity index (χ1) is 10.8. The van der Waals surface area contributed by atoms with E-state index < -0.39 is 47.3 Å². The summed E-state index contributed by atoms with van der Waals surface area (Å²) < 4.78 is 70.1. The Balaban J connectivity index is 2.09. The zero-order valence-corrected chi connectivity index (χ0v) is 11.7. The van der Waals surface area contributed by atoms with E-state index in [1.807, 2.05) is 6.92 Å². The molecule has 0 aromatic heterocycles. The van der Waals surface area contributed by atoms with E-state index in [0.717, 1.165) is 5.56 Å². The summed E-state index contributed by atoms with van der Waals surface area (Å²) in [6, 6.07) is 6.49. The highest BCUT2D eigenvalue weighted by Crippen LogP contribution is 2.23. The van der Waals surface area contributed by atoms with Gasteiger partial charge >= 0.3 is 6.09 Å². The molecule has 0 heterocycles. The SMILES string of the molecule is Cc1ccc(NC(=O)OCc2c(F)c(F)c(F)c(F)c2F)cc1. The zero-order valence-electron chi connectivity index (χ0n) is 11.7. The monoisotopic (exact) mass is 331 g/mol. The van der Waals surface area contributed by atoms with Crippen LogP contribution >= 0.6 is 0 Å². The third kappa shape index (κ3) is 3.58. The van der Waals surface area contributed by atoms with Gasteiger partial charge in [0.05, 0.1) is 5.56 Å². The smallest absolute Gasteiger partial charge is 0.411 e. The Morgan fingerprint density at radius 3 is 1.91 bits per heavy atom. The summed E-state index contributed by atoms with van der Waals surface area (Å²) >= 11 is 0. The average molecular weight is 331 g/mol. The molecule has 0 bridgehead atoms. The molecule has 2 rings (SSSR count). The van der Waals surface area contributed by atoms with Crippen LogP contribution in [-0.4, -0.2) is 6.09 Å². The largest absolute Gasteiger partial charge is 0.444 e. The molecule has 0 aliphatic rings. The highest BCUT2D eigenvalue weighted by atomic mass is 19.2. The predicted octanol–water partition coefficient (Wildman–Crippen LogP) is 4.44. The molecule has 2 aromatic carbocycles. The predicted molar refractivity (Wildman–Crippen MR) is 71.2 cm³/mol. The van der Waals surface area contributed by atoms with E-state index in [9.17, 15) is 26.7 Å². The third-order valence-electron chi connectivity index (χ3n) is 2.95. The van der Waals surface area contributed by atoms with Gasteiger partial charge in [-0.05, 0) is 19.1 Å². The van der Waals surface area contributed by atoms with Gasteiger partial charge in [0.2, 0.25) is 5.82 Å². The standard InChI is InChI=1S/C15H10F5NO2/c1-7-2-4-8(5-3-7)21-15(22)23-6-9-10(16)12(18)14(20)13(19)11(9)17/h2-5H,6H2,1H3,(H,21,22). The Labute approximate surface area is 127 Å². The average Bonchev–Trinajstić information content (AvgIpc) is 2.53. The van der Waals surface area contributed by atoms with Crippen molar-refractivity contribution in [3.05, 3.63) is 64.5 Å². The van der Waals surface area contributed by atoms with Crippen molar-refractivity contribution < 1.29 is 31.5 Å². The van der Waals surface area contributed by atoms with Crippen molar-refractivity contribution >= 4 is 11.8 Å². The second-order valence-electron chi connectivity index (χ2n) is 4.62. The lowest BCUT2D eigenvalue weighted by Gasteiger charge is -2.10. The summed E-state index contributed by atoms with van der Waals surface area (Å²) in [5, 5.41) is 2.25. The lowest BCUT2D eigenvalue weighted by molar-refractivity contribution is 0.151. The van der Waals surface area contributed by atoms with Gasteiger partial charge in [0.1, 0.15) is 6.61 Å². The number of halogens is 5. The van der Waals surface area contributed by atoms with Gasteiger partial charge in [-0.2, -0.15) is 0 Å². The fourth-order valence-electron chi connectivity index (χ4n) is 1.71. The fraction of sp³-hybridized carbons (Fsp3) is 0.133. The van der Waals surface area contributed by atoms with Crippen LogP contribution in [0.1, 0.15) is 11.1 Å². The fourth-order valence-corrected chi connectivity index (χ4v) is 1.71. The molecule has 0 atom stereocenters. The molecule has 0 aliphatic carbocycles. The van der Waals surface area contributed by atoms with Crippen LogP contribution in [0.4, 0.5) is 32.4 Å². The summed E-state index contributed by atoms with van der Waals surface area (Å²) in [6.07, 6.45) is -1.10. The third-order valence-corrected chi connectivity index (χ3v) is 2.95. The van der Waals surface area contributed by atoms with Gasteiger partial charge in [-0.3, -0.25) is 5.32 Å². The summed E-state index contributed by atoms with van der Waals surface area (Å²) in [7, 11) is 0. The number of amides is 1. The number of hydrogen-bond donors (Lipinski definition) is 1. The molecule has 0 fully saturated rings. The number of hydrogen-bond acceptors (Lipinski definition) is 2. The van der Waals surface area contributed by atoms with Crippen LogP contribution in [0.15, 0.2) is 24.3 Å². The Kier molecular flexibility index (Phi) is 4.83. The van der Waals surface area contributed by atoms with Crippen LogP contribution in [0.25, 0.3) is 0 Å². The minimum atomic E-state index is -2.27. The maximum absolute atomic E-state index is 13.4. The second-order valence-corrected chi connectivity index (χ2v) is 4.62. The van der Waals surface area contributed by atoms with E-state index in [1.54, 1.807) is 24.3 Å².